The van der Waals surface area contributed by atoms with Crippen LogP contribution in [0.5, 0.6) is 0 Å². The predicted octanol–water partition coefficient (Wildman–Crippen LogP) is 2.44. The molecule has 0 saturated heterocycles. The second kappa shape index (κ2) is 8.48. The summed E-state index contributed by atoms with van der Waals surface area (Å²) in [5.41, 5.74) is 0. The summed E-state index contributed by atoms with van der Waals surface area (Å²) in [5.74, 6) is -0.382. The van der Waals surface area contributed by atoms with Gasteiger partial charge in [-0.25, -0.2) is 0 Å². The summed E-state index contributed by atoms with van der Waals surface area (Å²) in [5, 5.41) is 9.71. The Morgan fingerprint density at radius 1 is 1.47 bits per heavy atom. The molecule has 3 nitrogen and oxygen atoms in total. The minimum atomic E-state index is -0.622. The summed E-state index contributed by atoms with van der Waals surface area (Å²) in [4.78, 5) is 10.7. The first-order valence-corrected chi connectivity index (χ1v) is 5.59. The van der Waals surface area contributed by atoms with Gasteiger partial charge < -0.3 is 9.84 Å². The van der Waals surface area contributed by atoms with Gasteiger partial charge in [-0.15, -0.1) is 0 Å². The van der Waals surface area contributed by atoms with E-state index in [0.717, 1.165) is 12.8 Å². The molecule has 0 aliphatic rings. The molecule has 2 unspecified atom stereocenters. The summed E-state index contributed by atoms with van der Waals surface area (Å²) in [7, 11) is 0. The molecule has 2 atom stereocenters. The van der Waals surface area contributed by atoms with Crippen LogP contribution in [0.1, 0.15) is 46.0 Å². The molecule has 3 heteroatoms. The third kappa shape index (κ3) is 7.14. The highest BCUT2D eigenvalue weighted by molar-refractivity contribution is 5.66. The normalized spacial score (nSPS) is 14.3. The molecule has 0 aromatic carbocycles. The Morgan fingerprint density at radius 2 is 2.13 bits per heavy atom. The first kappa shape index (κ1) is 14.2. The van der Waals surface area contributed by atoms with Gasteiger partial charge >= 0.3 is 5.97 Å². The van der Waals surface area contributed by atoms with Crippen LogP contribution >= 0.6 is 0 Å². The number of carbonyl (C=O) groups excluding carboxylic acids is 1. The molecular weight excluding hydrogens is 192 g/mol. The van der Waals surface area contributed by atoms with Crippen LogP contribution in [-0.2, 0) is 9.53 Å². The standard InChI is InChI=1S/C12H22O3/c1-4-6-7-8-9-11(14)12(5-2)15-10(3)13/h5,11-12,14H,2,4,6-9H2,1,3H3. The lowest BCUT2D eigenvalue weighted by Gasteiger charge is -2.19. The Morgan fingerprint density at radius 3 is 2.60 bits per heavy atom. The van der Waals surface area contributed by atoms with E-state index in [0.29, 0.717) is 6.42 Å². The second-order valence-electron chi connectivity index (χ2n) is 3.73. The van der Waals surface area contributed by atoms with Gasteiger partial charge in [0.2, 0.25) is 0 Å². The molecule has 15 heavy (non-hydrogen) atoms. The molecule has 0 aliphatic carbocycles. The quantitative estimate of drug-likeness (QED) is 0.383. The van der Waals surface area contributed by atoms with Crippen molar-refractivity contribution in [1.29, 1.82) is 0 Å². The Hall–Kier alpha value is -0.830. The maximum atomic E-state index is 10.7. The van der Waals surface area contributed by atoms with E-state index in [-0.39, 0.29) is 5.97 Å². The fraction of sp³-hybridized carbons (Fsp3) is 0.750. The zero-order chi connectivity index (χ0) is 11.7. The molecule has 0 aliphatic heterocycles. The number of esters is 1. The van der Waals surface area contributed by atoms with Crippen molar-refractivity contribution in [1.82, 2.24) is 0 Å². The molecule has 0 fully saturated rings. The van der Waals surface area contributed by atoms with Crippen molar-refractivity contribution in [3.8, 4) is 0 Å². The number of hydrogen-bond donors (Lipinski definition) is 1. The SMILES string of the molecule is C=CC(OC(C)=O)C(O)CCCCCC. The highest BCUT2D eigenvalue weighted by Gasteiger charge is 2.17. The van der Waals surface area contributed by atoms with E-state index < -0.39 is 12.2 Å². The van der Waals surface area contributed by atoms with E-state index in [2.05, 4.69) is 13.5 Å². The Kier molecular flexibility index (Phi) is 8.01. The van der Waals surface area contributed by atoms with Gasteiger partial charge in [-0.1, -0.05) is 39.2 Å². The van der Waals surface area contributed by atoms with Crippen molar-refractivity contribution in [2.24, 2.45) is 0 Å². The number of unbranched alkanes of at least 4 members (excludes halogenated alkanes) is 3. The Balaban J connectivity index is 3.77. The fourth-order valence-electron chi connectivity index (χ4n) is 1.42. The summed E-state index contributed by atoms with van der Waals surface area (Å²) < 4.78 is 4.91. The fourth-order valence-corrected chi connectivity index (χ4v) is 1.42. The summed E-state index contributed by atoms with van der Waals surface area (Å²) in [6.07, 6.45) is 5.37. The van der Waals surface area contributed by atoms with Crippen molar-refractivity contribution >= 4 is 5.97 Å². The number of rotatable bonds is 8. The van der Waals surface area contributed by atoms with E-state index in [9.17, 15) is 9.90 Å². The molecule has 0 heterocycles. The van der Waals surface area contributed by atoms with E-state index in [4.69, 9.17) is 4.74 Å². The lowest BCUT2D eigenvalue weighted by atomic mass is 10.1. The molecule has 1 N–H and O–H groups in total. The highest BCUT2D eigenvalue weighted by Crippen LogP contribution is 2.11. The van der Waals surface area contributed by atoms with Crippen molar-refractivity contribution < 1.29 is 14.6 Å². The molecule has 0 aromatic heterocycles. The van der Waals surface area contributed by atoms with Crippen LogP contribution in [-0.4, -0.2) is 23.3 Å². The summed E-state index contributed by atoms with van der Waals surface area (Å²) >= 11 is 0. The molecular formula is C12H22O3. The maximum Gasteiger partial charge on any atom is 0.303 e. The molecule has 0 amide bonds. The Bertz CT molecular complexity index is 189. The second-order valence-corrected chi connectivity index (χ2v) is 3.73. The van der Waals surface area contributed by atoms with Gasteiger partial charge in [0, 0.05) is 6.92 Å². The van der Waals surface area contributed by atoms with Crippen molar-refractivity contribution in [3.63, 3.8) is 0 Å². The lowest BCUT2D eigenvalue weighted by Crippen LogP contribution is -2.28. The van der Waals surface area contributed by atoms with E-state index in [1.54, 1.807) is 0 Å². The van der Waals surface area contributed by atoms with E-state index in [1.165, 1.54) is 25.8 Å². The summed E-state index contributed by atoms with van der Waals surface area (Å²) in [6, 6.07) is 0. The molecule has 0 bridgehead atoms. The van der Waals surface area contributed by atoms with E-state index in [1.807, 2.05) is 0 Å². The highest BCUT2D eigenvalue weighted by atomic mass is 16.6. The monoisotopic (exact) mass is 214 g/mol. The van der Waals surface area contributed by atoms with Crippen molar-refractivity contribution in [2.45, 2.75) is 58.2 Å². The molecule has 0 spiro atoms. The first-order chi connectivity index (χ1) is 7.11. The number of carbonyl (C=O) groups is 1. The van der Waals surface area contributed by atoms with Gasteiger partial charge in [0.25, 0.3) is 0 Å². The minimum absolute atomic E-state index is 0.382. The molecule has 0 aromatic rings. The third-order valence-electron chi connectivity index (χ3n) is 2.27. The Labute approximate surface area is 92.1 Å². The van der Waals surface area contributed by atoms with Gasteiger partial charge in [0.1, 0.15) is 6.10 Å². The third-order valence-corrected chi connectivity index (χ3v) is 2.27. The summed E-state index contributed by atoms with van der Waals surface area (Å²) in [6.45, 7) is 7.02. The molecule has 0 rings (SSSR count). The van der Waals surface area contributed by atoms with Gasteiger partial charge in [0.05, 0.1) is 6.10 Å². The predicted molar refractivity (Wildman–Crippen MR) is 60.5 cm³/mol. The van der Waals surface area contributed by atoms with E-state index >= 15 is 0 Å². The van der Waals surface area contributed by atoms with Crippen LogP contribution in [0.4, 0.5) is 0 Å². The first-order valence-electron chi connectivity index (χ1n) is 5.59. The van der Waals surface area contributed by atoms with Crippen molar-refractivity contribution in [3.05, 3.63) is 12.7 Å². The molecule has 0 saturated carbocycles. The van der Waals surface area contributed by atoms with Crippen LogP contribution < -0.4 is 0 Å². The minimum Gasteiger partial charge on any atom is -0.456 e. The number of ether oxygens (including phenoxy) is 1. The number of hydrogen-bond acceptors (Lipinski definition) is 3. The zero-order valence-electron chi connectivity index (χ0n) is 9.74. The smallest absolute Gasteiger partial charge is 0.303 e. The van der Waals surface area contributed by atoms with Crippen molar-refractivity contribution in [2.75, 3.05) is 0 Å². The van der Waals surface area contributed by atoms with Crippen LogP contribution in [0.3, 0.4) is 0 Å². The maximum absolute atomic E-state index is 10.7. The van der Waals surface area contributed by atoms with Gasteiger partial charge in [-0.3, -0.25) is 4.79 Å². The molecule has 0 radical (unpaired) electrons. The average molecular weight is 214 g/mol. The largest absolute Gasteiger partial charge is 0.456 e. The van der Waals surface area contributed by atoms with Crippen LogP contribution in [0.15, 0.2) is 12.7 Å². The van der Waals surface area contributed by atoms with Crippen LogP contribution in [0.25, 0.3) is 0 Å². The molecule has 88 valence electrons. The lowest BCUT2D eigenvalue weighted by molar-refractivity contribution is -0.149. The van der Waals surface area contributed by atoms with Gasteiger partial charge in [0.15, 0.2) is 0 Å². The average Bonchev–Trinajstić information content (AvgIpc) is 2.20. The van der Waals surface area contributed by atoms with Crippen LogP contribution in [0.2, 0.25) is 0 Å². The van der Waals surface area contributed by atoms with Gasteiger partial charge in [-0.05, 0) is 12.5 Å². The van der Waals surface area contributed by atoms with Crippen LogP contribution in [0, 0.1) is 0 Å². The zero-order valence-corrected chi connectivity index (χ0v) is 9.74. The topological polar surface area (TPSA) is 46.5 Å². The number of aliphatic hydroxyl groups excluding tert-OH is 1. The van der Waals surface area contributed by atoms with Gasteiger partial charge in [-0.2, -0.15) is 0 Å². The number of aliphatic hydroxyl groups is 1.